The lowest BCUT2D eigenvalue weighted by Gasteiger charge is -2.24. The largest absolute Gasteiger partial charge is 0.382 e. The Morgan fingerprint density at radius 3 is 2.87 bits per heavy atom. The predicted octanol–water partition coefficient (Wildman–Crippen LogP) is -1.10. The highest BCUT2D eigenvalue weighted by Crippen LogP contribution is 2.15. The van der Waals surface area contributed by atoms with E-state index in [2.05, 4.69) is 10.1 Å². The smallest absolute Gasteiger partial charge is 0.266 e. The number of nitrogens with two attached hydrogens (primary N) is 1. The summed E-state index contributed by atoms with van der Waals surface area (Å²) in [4.78, 5) is 6.01. The van der Waals surface area contributed by atoms with Gasteiger partial charge in [0, 0.05) is 19.6 Å². The molecule has 3 N–H and O–H groups in total. The van der Waals surface area contributed by atoms with Crippen molar-refractivity contribution in [2.45, 2.75) is 6.10 Å². The van der Waals surface area contributed by atoms with Crippen molar-refractivity contribution in [1.82, 2.24) is 10.1 Å². The van der Waals surface area contributed by atoms with Gasteiger partial charge in [0.05, 0.1) is 13.2 Å². The lowest BCUT2D eigenvalue weighted by atomic mass is 10.4. The van der Waals surface area contributed by atoms with Crippen LogP contribution in [0, 0.1) is 0 Å². The fourth-order valence-corrected chi connectivity index (χ4v) is 1.35. The van der Waals surface area contributed by atoms with Crippen LogP contribution in [0.1, 0.15) is 12.0 Å². The molecule has 1 aromatic heterocycles. The molecule has 0 aliphatic carbocycles. The van der Waals surface area contributed by atoms with Gasteiger partial charge < -0.3 is 25.0 Å². The van der Waals surface area contributed by atoms with Gasteiger partial charge >= 0.3 is 0 Å². The summed E-state index contributed by atoms with van der Waals surface area (Å²) in [5, 5.41) is 13.2. The Hall–Kier alpha value is -1.18. The van der Waals surface area contributed by atoms with E-state index in [0.29, 0.717) is 19.2 Å². The van der Waals surface area contributed by atoms with Gasteiger partial charge in [-0.05, 0) is 5.16 Å². The number of anilines is 1. The van der Waals surface area contributed by atoms with Crippen molar-refractivity contribution >= 4 is 5.95 Å². The molecule has 1 fully saturated rings. The first-order valence-electron chi connectivity index (χ1n) is 4.85. The number of hydrogen-bond acceptors (Lipinski definition) is 7. The minimum absolute atomic E-state index is 0.0742. The molecule has 1 saturated heterocycles. The molecule has 0 aromatic carbocycles. The minimum Gasteiger partial charge on any atom is -0.382 e. The van der Waals surface area contributed by atoms with Gasteiger partial charge in [-0.3, -0.25) is 0 Å². The second-order valence-electron chi connectivity index (χ2n) is 3.28. The lowest BCUT2D eigenvalue weighted by Crippen LogP contribution is -2.36. The summed E-state index contributed by atoms with van der Waals surface area (Å²) in [6.07, 6.45) is -0.882. The molecule has 1 aromatic rings. The van der Waals surface area contributed by atoms with E-state index in [1.165, 1.54) is 0 Å². The number of aromatic nitrogens is 2. The van der Waals surface area contributed by atoms with Crippen LogP contribution < -0.4 is 10.6 Å². The first-order chi connectivity index (χ1) is 7.31. The predicted molar refractivity (Wildman–Crippen MR) is 51.3 cm³/mol. The summed E-state index contributed by atoms with van der Waals surface area (Å²) in [5.74, 6) is 0.653. The molecule has 1 aliphatic heterocycles. The Morgan fingerprint density at radius 2 is 2.20 bits per heavy atom. The molecule has 1 unspecified atom stereocenters. The monoisotopic (exact) mass is 214 g/mol. The zero-order chi connectivity index (χ0) is 10.7. The first-order valence-corrected chi connectivity index (χ1v) is 4.85. The maximum absolute atomic E-state index is 9.38. The van der Waals surface area contributed by atoms with Gasteiger partial charge in [0.1, 0.15) is 6.10 Å². The zero-order valence-corrected chi connectivity index (χ0v) is 8.30. The van der Waals surface area contributed by atoms with E-state index in [1.807, 2.05) is 4.90 Å². The van der Waals surface area contributed by atoms with Gasteiger partial charge in [0.25, 0.3) is 11.8 Å². The Kier molecular flexibility index (Phi) is 3.14. The van der Waals surface area contributed by atoms with E-state index in [9.17, 15) is 5.11 Å². The third-order valence-electron chi connectivity index (χ3n) is 2.23. The molecule has 0 spiro atoms. The summed E-state index contributed by atoms with van der Waals surface area (Å²) in [6.45, 7) is 2.85. The van der Waals surface area contributed by atoms with E-state index in [-0.39, 0.29) is 12.4 Å². The SMILES string of the molecule is NCC(O)c1nc(N2CCOCC2)no1. The fourth-order valence-electron chi connectivity index (χ4n) is 1.35. The molecular formula is C8H14N4O3. The number of aliphatic hydroxyl groups excluding tert-OH is 1. The van der Waals surface area contributed by atoms with Crippen LogP contribution in [-0.2, 0) is 4.74 Å². The van der Waals surface area contributed by atoms with E-state index in [1.54, 1.807) is 0 Å². The van der Waals surface area contributed by atoms with Crippen molar-refractivity contribution < 1.29 is 14.4 Å². The van der Waals surface area contributed by atoms with Crippen LogP contribution in [0.4, 0.5) is 5.95 Å². The van der Waals surface area contributed by atoms with Crippen molar-refractivity contribution in [1.29, 1.82) is 0 Å². The normalized spacial score (nSPS) is 19.2. The molecule has 2 heterocycles. The van der Waals surface area contributed by atoms with Crippen LogP contribution in [0.15, 0.2) is 4.52 Å². The lowest BCUT2D eigenvalue weighted by molar-refractivity contribution is 0.121. The molecule has 0 radical (unpaired) electrons. The van der Waals surface area contributed by atoms with Crippen LogP contribution >= 0.6 is 0 Å². The molecule has 7 nitrogen and oxygen atoms in total. The van der Waals surface area contributed by atoms with Crippen LogP contribution in [0.25, 0.3) is 0 Å². The molecule has 0 bridgehead atoms. The Bertz CT molecular complexity index is 311. The molecular weight excluding hydrogens is 200 g/mol. The summed E-state index contributed by atoms with van der Waals surface area (Å²) >= 11 is 0. The molecule has 1 atom stereocenters. The van der Waals surface area contributed by atoms with Crippen LogP contribution in [0.3, 0.4) is 0 Å². The number of rotatable bonds is 3. The molecule has 0 saturated carbocycles. The summed E-state index contributed by atoms with van der Waals surface area (Å²) in [7, 11) is 0. The molecule has 7 heteroatoms. The van der Waals surface area contributed by atoms with Gasteiger partial charge in [0.15, 0.2) is 0 Å². The Labute approximate surface area is 86.8 Å². The summed E-state index contributed by atoms with van der Waals surface area (Å²) < 4.78 is 10.1. The maximum atomic E-state index is 9.38. The van der Waals surface area contributed by atoms with Gasteiger partial charge in [-0.25, -0.2) is 0 Å². The van der Waals surface area contributed by atoms with E-state index in [4.69, 9.17) is 15.0 Å². The maximum Gasteiger partial charge on any atom is 0.266 e. The Morgan fingerprint density at radius 1 is 1.47 bits per heavy atom. The van der Waals surface area contributed by atoms with Crippen molar-refractivity contribution in [3.63, 3.8) is 0 Å². The third kappa shape index (κ3) is 2.25. The highest BCUT2D eigenvalue weighted by molar-refractivity contribution is 5.28. The topological polar surface area (TPSA) is 97.6 Å². The van der Waals surface area contributed by atoms with E-state index < -0.39 is 6.10 Å². The van der Waals surface area contributed by atoms with Gasteiger partial charge in [-0.1, -0.05) is 0 Å². The van der Waals surface area contributed by atoms with Crippen LogP contribution in [-0.4, -0.2) is 48.1 Å². The number of ether oxygens (including phenoxy) is 1. The quantitative estimate of drug-likeness (QED) is 0.658. The molecule has 1 aliphatic rings. The molecule has 2 rings (SSSR count). The van der Waals surface area contributed by atoms with Crippen molar-refractivity contribution in [3.8, 4) is 0 Å². The van der Waals surface area contributed by atoms with Gasteiger partial charge in [-0.15, -0.1) is 0 Å². The standard InChI is InChI=1S/C8H14N4O3/c9-5-6(13)7-10-8(11-15-7)12-1-3-14-4-2-12/h6,13H,1-5,9H2. The average Bonchev–Trinajstić information content (AvgIpc) is 2.78. The third-order valence-corrected chi connectivity index (χ3v) is 2.23. The first kappa shape index (κ1) is 10.3. The number of nitrogens with zero attached hydrogens (tertiary/aromatic N) is 3. The second kappa shape index (κ2) is 4.56. The number of morpholine rings is 1. The van der Waals surface area contributed by atoms with Gasteiger partial charge in [-0.2, -0.15) is 4.98 Å². The number of aliphatic hydroxyl groups is 1. The van der Waals surface area contributed by atoms with Crippen LogP contribution in [0.5, 0.6) is 0 Å². The zero-order valence-electron chi connectivity index (χ0n) is 8.30. The fraction of sp³-hybridized carbons (Fsp3) is 0.750. The average molecular weight is 214 g/mol. The van der Waals surface area contributed by atoms with Gasteiger partial charge in [0.2, 0.25) is 0 Å². The number of hydrogen-bond donors (Lipinski definition) is 2. The highest BCUT2D eigenvalue weighted by atomic mass is 16.5. The van der Waals surface area contributed by atoms with Crippen LogP contribution in [0.2, 0.25) is 0 Å². The van der Waals surface area contributed by atoms with Crippen molar-refractivity contribution in [3.05, 3.63) is 5.89 Å². The summed E-state index contributed by atoms with van der Waals surface area (Å²) in [6, 6.07) is 0. The van der Waals surface area contributed by atoms with E-state index >= 15 is 0 Å². The second-order valence-corrected chi connectivity index (χ2v) is 3.28. The van der Waals surface area contributed by atoms with E-state index in [0.717, 1.165) is 13.1 Å². The molecule has 0 amide bonds. The van der Waals surface area contributed by atoms with Crippen molar-refractivity contribution in [2.24, 2.45) is 5.73 Å². The highest BCUT2D eigenvalue weighted by Gasteiger charge is 2.19. The summed E-state index contributed by atoms with van der Waals surface area (Å²) in [5.41, 5.74) is 5.28. The Balaban J connectivity index is 2.05. The molecule has 84 valence electrons. The molecule has 15 heavy (non-hydrogen) atoms. The minimum atomic E-state index is -0.882. The van der Waals surface area contributed by atoms with Crippen molar-refractivity contribution in [2.75, 3.05) is 37.7 Å².